The molecule has 0 radical (unpaired) electrons. The first-order valence-corrected chi connectivity index (χ1v) is 6.19. The summed E-state index contributed by atoms with van der Waals surface area (Å²) in [5.74, 6) is 0.877. The van der Waals surface area contributed by atoms with Crippen molar-refractivity contribution in [3.05, 3.63) is 65.2 Å². The van der Waals surface area contributed by atoms with Gasteiger partial charge in [0, 0.05) is 6.04 Å². The number of benzene rings is 2. The maximum absolute atomic E-state index is 5.81. The van der Waals surface area contributed by atoms with Crippen LogP contribution in [0.3, 0.4) is 0 Å². The Bertz CT molecular complexity index is 503. The van der Waals surface area contributed by atoms with E-state index in [-0.39, 0.29) is 6.04 Å². The van der Waals surface area contributed by atoms with Gasteiger partial charge in [0.25, 0.3) is 0 Å². The topological polar surface area (TPSA) is 35.2 Å². The Kier molecular flexibility index (Phi) is 4.00. The lowest BCUT2D eigenvalue weighted by atomic mass is 10.1. The Morgan fingerprint density at radius 1 is 1.06 bits per heavy atom. The molecule has 2 N–H and O–H groups in total. The van der Waals surface area contributed by atoms with Crippen LogP contribution in [0.1, 0.15) is 29.7 Å². The Morgan fingerprint density at radius 3 is 2.33 bits per heavy atom. The smallest absolute Gasteiger partial charge is 0.119 e. The van der Waals surface area contributed by atoms with Crippen molar-refractivity contribution in [2.75, 3.05) is 0 Å². The maximum Gasteiger partial charge on any atom is 0.119 e. The molecule has 94 valence electrons. The lowest BCUT2D eigenvalue weighted by Crippen LogP contribution is -2.04. The molecule has 0 bridgehead atoms. The zero-order valence-electron chi connectivity index (χ0n) is 10.9. The van der Waals surface area contributed by atoms with Crippen molar-refractivity contribution < 1.29 is 4.74 Å². The third-order valence-electron chi connectivity index (χ3n) is 3.06. The highest BCUT2D eigenvalue weighted by molar-refractivity contribution is 5.30. The van der Waals surface area contributed by atoms with Crippen LogP contribution >= 0.6 is 0 Å². The predicted octanol–water partition coefficient (Wildman–Crippen LogP) is 3.59. The molecule has 2 rings (SSSR count). The molecule has 0 aromatic heterocycles. The van der Waals surface area contributed by atoms with Gasteiger partial charge in [-0.15, -0.1) is 0 Å². The van der Waals surface area contributed by atoms with Crippen molar-refractivity contribution >= 4 is 0 Å². The van der Waals surface area contributed by atoms with Gasteiger partial charge < -0.3 is 10.5 Å². The Labute approximate surface area is 108 Å². The zero-order valence-corrected chi connectivity index (χ0v) is 10.9. The van der Waals surface area contributed by atoms with Crippen LogP contribution in [-0.2, 0) is 6.61 Å². The molecule has 2 nitrogen and oxygen atoms in total. The molecule has 18 heavy (non-hydrogen) atoms. The summed E-state index contributed by atoms with van der Waals surface area (Å²) in [5, 5.41) is 0. The molecular formula is C16H19NO. The summed E-state index contributed by atoms with van der Waals surface area (Å²) in [6.45, 7) is 4.67. The first-order chi connectivity index (χ1) is 8.66. The van der Waals surface area contributed by atoms with Crippen molar-refractivity contribution in [2.24, 2.45) is 5.73 Å². The molecule has 0 aliphatic heterocycles. The van der Waals surface area contributed by atoms with Crippen LogP contribution in [-0.4, -0.2) is 0 Å². The summed E-state index contributed by atoms with van der Waals surface area (Å²) in [4.78, 5) is 0. The van der Waals surface area contributed by atoms with Gasteiger partial charge in [0.2, 0.25) is 0 Å². The van der Waals surface area contributed by atoms with E-state index in [1.54, 1.807) is 0 Å². The van der Waals surface area contributed by atoms with Crippen LogP contribution < -0.4 is 10.5 Å². The Balaban J connectivity index is 2.00. The van der Waals surface area contributed by atoms with Gasteiger partial charge in [-0.05, 0) is 42.7 Å². The second-order valence-electron chi connectivity index (χ2n) is 4.57. The number of hydrogen-bond donors (Lipinski definition) is 1. The third-order valence-corrected chi connectivity index (χ3v) is 3.06. The molecule has 0 spiro atoms. The summed E-state index contributed by atoms with van der Waals surface area (Å²) in [6.07, 6.45) is 0. The zero-order chi connectivity index (χ0) is 13.0. The average molecular weight is 241 g/mol. The maximum atomic E-state index is 5.81. The van der Waals surface area contributed by atoms with Crippen molar-refractivity contribution in [1.29, 1.82) is 0 Å². The molecule has 0 aliphatic carbocycles. The van der Waals surface area contributed by atoms with E-state index in [1.165, 1.54) is 11.1 Å². The number of ether oxygens (including phenoxy) is 1. The van der Waals surface area contributed by atoms with Crippen molar-refractivity contribution in [3.8, 4) is 5.75 Å². The highest BCUT2D eigenvalue weighted by Gasteiger charge is 2.01. The van der Waals surface area contributed by atoms with Gasteiger partial charge in [-0.1, -0.05) is 36.4 Å². The van der Waals surface area contributed by atoms with Gasteiger partial charge in [-0.3, -0.25) is 0 Å². The minimum atomic E-state index is 0.0652. The van der Waals surface area contributed by atoms with E-state index in [1.807, 2.05) is 43.3 Å². The standard InChI is InChI=1S/C16H19NO/c1-12-5-3-4-6-15(12)11-18-16-9-7-14(8-10-16)13(2)17/h3-10,13H,11,17H2,1-2H3/t13-/m0/s1. The van der Waals surface area contributed by atoms with E-state index in [4.69, 9.17) is 10.5 Å². The summed E-state index contributed by atoms with van der Waals surface area (Å²) in [6, 6.07) is 16.3. The van der Waals surface area contributed by atoms with Crippen LogP contribution in [0, 0.1) is 6.92 Å². The summed E-state index contributed by atoms with van der Waals surface area (Å²) in [5.41, 5.74) is 9.40. The normalized spacial score (nSPS) is 12.2. The van der Waals surface area contributed by atoms with Crippen LogP contribution in [0.2, 0.25) is 0 Å². The SMILES string of the molecule is Cc1ccccc1COc1ccc([C@H](C)N)cc1. The van der Waals surface area contributed by atoms with E-state index in [2.05, 4.69) is 19.1 Å². The highest BCUT2D eigenvalue weighted by Crippen LogP contribution is 2.18. The quantitative estimate of drug-likeness (QED) is 0.887. The Morgan fingerprint density at radius 2 is 1.72 bits per heavy atom. The summed E-state index contributed by atoms with van der Waals surface area (Å²) in [7, 11) is 0. The first kappa shape index (κ1) is 12.7. The van der Waals surface area contributed by atoms with Crippen LogP contribution in [0.25, 0.3) is 0 Å². The number of rotatable bonds is 4. The molecule has 1 atom stereocenters. The second kappa shape index (κ2) is 5.69. The summed E-state index contributed by atoms with van der Waals surface area (Å²) >= 11 is 0. The molecule has 0 heterocycles. The molecule has 0 saturated heterocycles. The third kappa shape index (κ3) is 3.11. The van der Waals surface area contributed by atoms with Gasteiger partial charge in [0.05, 0.1) is 0 Å². The fraction of sp³-hybridized carbons (Fsp3) is 0.250. The predicted molar refractivity (Wildman–Crippen MR) is 74.6 cm³/mol. The molecule has 2 aromatic rings. The number of hydrogen-bond acceptors (Lipinski definition) is 2. The van der Waals surface area contributed by atoms with E-state index in [9.17, 15) is 0 Å². The molecule has 2 heteroatoms. The number of aryl methyl sites for hydroxylation is 1. The average Bonchev–Trinajstić information content (AvgIpc) is 2.38. The molecular weight excluding hydrogens is 222 g/mol. The van der Waals surface area contributed by atoms with Gasteiger partial charge in [0.1, 0.15) is 12.4 Å². The molecule has 0 aliphatic rings. The van der Waals surface area contributed by atoms with Gasteiger partial charge in [-0.2, -0.15) is 0 Å². The van der Waals surface area contributed by atoms with Crippen LogP contribution in [0.5, 0.6) is 5.75 Å². The largest absolute Gasteiger partial charge is 0.489 e. The highest BCUT2D eigenvalue weighted by atomic mass is 16.5. The molecule has 0 fully saturated rings. The molecule has 0 amide bonds. The molecule has 2 aromatic carbocycles. The Hall–Kier alpha value is -1.80. The lowest BCUT2D eigenvalue weighted by molar-refractivity contribution is 0.305. The van der Waals surface area contributed by atoms with Gasteiger partial charge >= 0.3 is 0 Å². The fourth-order valence-corrected chi connectivity index (χ4v) is 1.80. The van der Waals surface area contributed by atoms with Crippen LogP contribution in [0.4, 0.5) is 0 Å². The van der Waals surface area contributed by atoms with E-state index >= 15 is 0 Å². The van der Waals surface area contributed by atoms with Crippen LogP contribution in [0.15, 0.2) is 48.5 Å². The monoisotopic (exact) mass is 241 g/mol. The van der Waals surface area contributed by atoms with Crippen molar-refractivity contribution in [3.63, 3.8) is 0 Å². The molecule has 0 saturated carbocycles. The second-order valence-corrected chi connectivity index (χ2v) is 4.57. The van der Waals surface area contributed by atoms with Gasteiger partial charge in [0.15, 0.2) is 0 Å². The minimum Gasteiger partial charge on any atom is -0.489 e. The lowest BCUT2D eigenvalue weighted by Gasteiger charge is -2.10. The van der Waals surface area contributed by atoms with E-state index in [0.29, 0.717) is 6.61 Å². The van der Waals surface area contributed by atoms with Crippen molar-refractivity contribution in [1.82, 2.24) is 0 Å². The van der Waals surface area contributed by atoms with Crippen molar-refractivity contribution in [2.45, 2.75) is 26.5 Å². The van der Waals surface area contributed by atoms with E-state index < -0.39 is 0 Å². The minimum absolute atomic E-state index is 0.0652. The fourth-order valence-electron chi connectivity index (χ4n) is 1.80. The van der Waals surface area contributed by atoms with Gasteiger partial charge in [-0.25, -0.2) is 0 Å². The first-order valence-electron chi connectivity index (χ1n) is 6.19. The molecule has 0 unspecified atom stereocenters. The number of nitrogens with two attached hydrogens (primary N) is 1. The van der Waals surface area contributed by atoms with E-state index in [0.717, 1.165) is 11.3 Å². The summed E-state index contributed by atoms with van der Waals surface area (Å²) < 4.78 is 5.77.